The van der Waals surface area contributed by atoms with Crippen molar-refractivity contribution in [3.63, 3.8) is 0 Å². The van der Waals surface area contributed by atoms with Gasteiger partial charge in [-0.05, 0) is 30.3 Å². The van der Waals surface area contributed by atoms with E-state index in [0.717, 1.165) is 21.3 Å². The molecule has 102 valence electrons. The third-order valence-corrected chi connectivity index (χ3v) is 3.44. The van der Waals surface area contributed by atoms with Gasteiger partial charge in [-0.2, -0.15) is 0 Å². The number of nitrogens with one attached hydrogen (secondary N) is 1. The topological polar surface area (TPSA) is 42.2 Å². The summed E-state index contributed by atoms with van der Waals surface area (Å²) in [6.07, 6.45) is 1.54. The fourth-order valence-corrected chi connectivity index (χ4v) is 2.09. The summed E-state index contributed by atoms with van der Waals surface area (Å²) < 4.78 is 6.65. The van der Waals surface area contributed by atoms with E-state index in [1.807, 2.05) is 30.3 Å². The molecular formula is C14H10BrNO2S2. The van der Waals surface area contributed by atoms with E-state index >= 15 is 0 Å². The molecule has 0 saturated carbocycles. The van der Waals surface area contributed by atoms with Crippen LogP contribution in [0.4, 0.5) is 0 Å². The van der Waals surface area contributed by atoms with E-state index in [-0.39, 0.29) is 10.8 Å². The maximum atomic E-state index is 11.5. The van der Waals surface area contributed by atoms with Crippen LogP contribution in [-0.2, 0) is 4.79 Å². The molecule has 20 heavy (non-hydrogen) atoms. The van der Waals surface area contributed by atoms with Gasteiger partial charge in [0.2, 0.25) is 0 Å². The number of furan rings is 1. The van der Waals surface area contributed by atoms with Crippen LogP contribution in [-0.4, -0.2) is 11.4 Å². The second kappa shape index (κ2) is 6.88. The second-order valence-electron chi connectivity index (χ2n) is 3.83. The van der Waals surface area contributed by atoms with Crippen LogP contribution in [0, 0.1) is 0 Å². The molecule has 1 aromatic carbocycles. The van der Waals surface area contributed by atoms with Crippen molar-refractivity contribution in [2.24, 2.45) is 0 Å². The summed E-state index contributed by atoms with van der Waals surface area (Å²) in [6, 6.07) is 11.4. The Morgan fingerprint density at radius 1 is 1.25 bits per heavy atom. The first kappa shape index (κ1) is 15.0. The van der Waals surface area contributed by atoms with Crippen LogP contribution in [0.25, 0.3) is 17.4 Å². The summed E-state index contributed by atoms with van der Waals surface area (Å²) in [4.78, 5) is 11.7. The molecule has 0 saturated heterocycles. The Kier molecular flexibility index (Phi) is 5.17. The Labute approximate surface area is 135 Å². The van der Waals surface area contributed by atoms with Crippen LogP contribution in [0.5, 0.6) is 0 Å². The van der Waals surface area contributed by atoms with Gasteiger partial charge in [0, 0.05) is 10.0 Å². The quantitative estimate of drug-likeness (QED) is 0.486. The van der Waals surface area contributed by atoms with E-state index in [0.29, 0.717) is 5.76 Å². The molecular weight excluding hydrogens is 358 g/mol. The molecule has 0 bridgehead atoms. The van der Waals surface area contributed by atoms with E-state index in [1.165, 1.54) is 0 Å². The fraction of sp³-hybridized carbons (Fsp3) is 0. The molecule has 0 fully saturated rings. The van der Waals surface area contributed by atoms with Crippen LogP contribution >= 0.6 is 40.8 Å². The molecule has 6 heteroatoms. The van der Waals surface area contributed by atoms with Gasteiger partial charge in [0.05, 0.1) is 10.4 Å². The van der Waals surface area contributed by atoms with Gasteiger partial charge in [0.15, 0.2) is 0 Å². The maximum Gasteiger partial charge on any atom is 0.262 e. The average molecular weight is 368 g/mol. The second-order valence-corrected chi connectivity index (χ2v) is 5.46. The lowest BCUT2D eigenvalue weighted by Gasteiger charge is -1.98. The number of thiocarbonyl (C=S) groups is 1. The largest absolute Gasteiger partial charge is 0.457 e. The number of rotatable bonds is 4. The molecule has 1 heterocycles. The summed E-state index contributed by atoms with van der Waals surface area (Å²) in [5.41, 5.74) is 2.10. The first-order chi connectivity index (χ1) is 9.60. The summed E-state index contributed by atoms with van der Waals surface area (Å²) in [6.45, 7) is 0. The molecule has 0 aliphatic rings. The van der Waals surface area contributed by atoms with Crippen LogP contribution in [0.15, 0.2) is 50.2 Å². The minimum absolute atomic E-state index is 0.225. The number of benzene rings is 1. The van der Waals surface area contributed by atoms with Gasteiger partial charge in [-0.15, -0.1) is 12.6 Å². The molecule has 0 spiro atoms. The van der Waals surface area contributed by atoms with Crippen molar-refractivity contribution in [3.05, 3.63) is 51.5 Å². The number of amides is 1. The van der Waals surface area contributed by atoms with E-state index < -0.39 is 0 Å². The predicted molar refractivity (Wildman–Crippen MR) is 90.6 cm³/mol. The monoisotopic (exact) mass is 367 g/mol. The first-order valence-corrected chi connectivity index (χ1v) is 7.32. The molecule has 2 rings (SSSR count). The number of thiol groups is 1. The SMILES string of the molecule is O=C(NC=S)/C(S)=C\c1ccc(-c2ccc(Br)cc2)o1. The van der Waals surface area contributed by atoms with Gasteiger partial charge in [-0.25, -0.2) is 0 Å². The fourth-order valence-electron chi connectivity index (χ4n) is 1.53. The van der Waals surface area contributed by atoms with E-state index in [4.69, 9.17) is 4.42 Å². The summed E-state index contributed by atoms with van der Waals surface area (Å²) in [7, 11) is 0. The highest BCUT2D eigenvalue weighted by molar-refractivity contribution is 9.10. The van der Waals surface area contributed by atoms with Crippen molar-refractivity contribution in [1.29, 1.82) is 0 Å². The van der Waals surface area contributed by atoms with Crippen molar-refractivity contribution in [2.75, 3.05) is 0 Å². The summed E-state index contributed by atoms with van der Waals surface area (Å²) >= 11 is 12.0. The Morgan fingerprint density at radius 2 is 1.95 bits per heavy atom. The smallest absolute Gasteiger partial charge is 0.262 e. The highest BCUT2D eigenvalue weighted by atomic mass is 79.9. The molecule has 0 unspecified atom stereocenters. The Morgan fingerprint density at radius 3 is 2.60 bits per heavy atom. The Balaban J connectivity index is 2.21. The van der Waals surface area contributed by atoms with Crippen molar-refractivity contribution in [3.8, 4) is 11.3 Å². The minimum atomic E-state index is -0.370. The highest BCUT2D eigenvalue weighted by Crippen LogP contribution is 2.25. The lowest BCUT2D eigenvalue weighted by molar-refractivity contribution is -0.115. The normalized spacial score (nSPS) is 11.2. The molecule has 0 atom stereocenters. The third kappa shape index (κ3) is 3.82. The van der Waals surface area contributed by atoms with Crippen LogP contribution < -0.4 is 5.32 Å². The van der Waals surface area contributed by atoms with Crippen LogP contribution in [0.3, 0.4) is 0 Å². The Bertz CT molecular complexity index is 662. The maximum absolute atomic E-state index is 11.5. The van der Waals surface area contributed by atoms with Crippen LogP contribution in [0.1, 0.15) is 5.76 Å². The van der Waals surface area contributed by atoms with E-state index in [9.17, 15) is 4.79 Å². The molecule has 3 nitrogen and oxygen atoms in total. The van der Waals surface area contributed by atoms with Gasteiger partial charge in [-0.1, -0.05) is 40.3 Å². The number of carbonyl (C=O) groups excluding carboxylic acids is 1. The molecule has 0 radical (unpaired) electrons. The molecule has 0 aliphatic heterocycles. The number of hydrogen-bond acceptors (Lipinski definition) is 4. The van der Waals surface area contributed by atoms with Crippen molar-refractivity contribution in [1.82, 2.24) is 5.32 Å². The zero-order chi connectivity index (χ0) is 14.5. The average Bonchev–Trinajstić information content (AvgIpc) is 2.88. The van der Waals surface area contributed by atoms with Gasteiger partial charge < -0.3 is 9.73 Å². The zero-order valence-corrected chi connectivity index (χ0v) is 13.5. The van der Waals surface area contributed by atoms with Crippen molar-refractivity contribution >= 4 is 58.3 Å². The standard InChI is InChI=1S/C14H10BrNO2S2/c15-10-3-1-9(2-4-10)12-6-5-11(18-12)7-13(20)14(17)16-8-19/h1-8,20H,(H,16,17,19)/b13-7+. The summed E-state index contributed by atoms with van der Waals surface area (Å²) in [5, 5.41) is 2.37. The zero-order valence-electron chi connectivity index (χ0n) is 10.2. The number of hydrogen-bond donors (Lipinski definition) is 2. The van der Waals surface area contributed by atoms with Gasteiger partial charge >= 0.3 is 0 Å². The number of carbonyl (C=O) groups is 1. The summed E-state index contributed by atoms with van der Waals surface area (Å²) in [5.74, 6) is 0.900. The molecule has 1 aromatic heterocycles. The van der Waals surface area contributed by atoms with Crippen LogP contribution in [0.2, 0.25) is 0 Å². The molecule has 2 aromatic rings. The Hall–Kier alpha value is -1.37. The van der Waals surface area contributed by atoms with Gasteiger partial charge in [-0.3, -0.25) is 4.79 Å². The lowest BCUT2D eigenvalue weighted by Crippen LogP contribution is -2.20. The van der Waals surface area contributed by atoms with Gasteiger partial charge in [0.1, 0.15) is 11.5 Å². The molecule has 0 aliphatic carbocycles. The number of halogens is 1. The van der Waals surface area contributed by atoms with E-state index in [2.05, 4.69) is 46.1 Å². The minimum Gasteiger partial charge on any atom is -0.457 e. The third-order valence-electron chi connectivity index (χ3n) is 2.46. The highest BCUT2D eigenvalue weighted by Gasteiger charge is 2.07. The molecule has 1 amide bonds. The molecule has 1 N–H and O–H groups in total. The van der Waals surface area contributed by atoms with Crippen molar-refractivity contribution in [2.45, 2.75) is 0 Å². The van der Waals surface area contributed by atoms with Gasteiger partial charge in [0.25, 0.3) is 5.91 Å². The van der Waals surface area contributed by atoms with E-state index in [1.54, 1.807) is 12.1 Å². The van der Waals surface area contributed by atoms with Crippen molar-refractivity contribution < 1.29 is 9.21 Å². The lowest BCUT2D eigenvalue weighted by atomic mass is 10.2. The predicted octanol–water partition coefficient (Wildman–Crippen LogP) is 4.05. The first-order valence-electron chi connectivity index (χ1n) is 5.61.